The molecule has 0 bridgehead atoms. The Morgan fingerprint density at radius 1 is 1.32 bits per heavy atom. The molecule has 0 N–H and O–H groups in total. The lowest BCUT2D eigenvalue weighted by Gasteiger charge is -2.27. The molecule has 1 aliphatic heterocycles. The third kappa shape index (κ3) is 3.80. The SMILES string of the molecule is Cc1cccc(CC(=O)N2CCc3sc(-c4noc(C(F)(F)F)n4)cc3C2)c1. The first-order valence-corrected chi connectivity index (χ1v) is 9.47. The monoisotopic (exact) mass is 407 g/mol. The van der Waals surface area contributed by atoms with Crippen LogP contribution in [0.25, 0.3) is 10.7 Å². The molecule has 0 radical (unpaired) electrons. The Bertz CT molecular complexity index is 1030. The molecule has 146 valence electrons. The van der Waals surface area contributed by atoms with Crippen LogP contribution >= 0.6 is 11.3 Å². The molecule has 1 aliphatic rings. The Labute approximate surface area is 162 Å². The average Bonchev–Trinajstić information content (AvgIpc) is 3.27. The predicted octanol–water partition coefficient (Wildman–Crippen LogP) is 4.25. The van der Waals surface area contributed by atoms with E-state index in [2.05, 4.69) is 14.7 Å². The van der Waals surface area contributed by atoms with E-state index in [1.54, 1.807) is 11.0 Å². The standard InChI is InChI=1S/C19H16F3N3O2S/c1-11-3-2-4-12(7-11)8-16(26)25-6-5-14-13(10-25)9-15(28-14)17-23-18(27-24-17)19(20,21)22/h2-4,7,9H,5-6,8,10H2,1H3. The molecule has 0 spiro atoms. The normalized spacial score (nSPS) is 14.2. The number of halogens is 3. The first-order valence-electron chi connectivity index (χ1n) is 8.66. The zero-order chi connectivity index (χ0) is 19.9. The number of aromatic nitrogens is 2. The molecule has 1 aromatic carbocycles. The van der Waals surface area contributed by atoms with Crippen LogP contribution in [0.4, 0.5) is 13.2 Å². The molecule has 5 nitrogen and oxygen atoms in total. The summed E-state index contributed by atoms with van der Waals surface area (Å²) in [7, 11) is 0. The van der Waals surface area contributed by atoms with Gasteiger partial charge in [-0.2, -0.15) is 18.2 Å². The van der Waals surface area contributed by atoms with Gasteiger partial charge >= 0.3 is 12.1 Å². The van der Waals surface area contributed by atoms with E-state index in [9.17, 15) is 18.0 Å². The van der Waals surface area contributed by atoms with Crippen LogP contribution in [0.3, 0.4) is 0 Å². The molecule has 4 rings (SSSR count). The fourth-order valence-electron chi connectivity index (χ4n) is 3.20. The number of hydrogen-bond donors (Lipinski definition) is 0. The number of benzene rings is 1. The van der Waals surface area contributed by atoms with Crippen LogP contribution in [0.15, 0.2) is 34.9 Å². The quantitative estimate of drug-likeness (QED) is 0.651. The van der Waals surface area contributed by atoms with Crippen LogP contribution in [0.2, 0.25) is 0 Å². The van der Waals surface area contributed by atoms with Gasteiger partial charge in [-0.25, -0.2) is 0 Å². The van der Waals surface area contributed by atoms with Crippen LogP contribution in [0.5, 0.6) is 0 Å². The van der Waals surface area contributed by atoms with Gasteiger partial charge in [0.1, 0.15) is 0 Å². The summed E-state index contributed by atoms with van der Waals surface area (Å²) in [4.78, 5) is 19.4. The molecule has 2 aromatic heterocycles. The molecule has 9 heteroatoms. The highest BCUT2D eigenvalue weighted by Crippen LogP contribution is 2.35. The summed E-state index contributed by atoms with van der Waals surface area (Å²) in [5, 5.41) is 3.44. The van der Waals surface area contributed by atoms with E-state index >= 15 is 0 Å². The van der Waals surface area contributed by atoms with Crippen molar-refractivity contribution in [3.8, 4) is 10.7 Å². The van der Waals surface area contributed by atoms with Crippen molar-refractivity contribution in [3.05, 3.63) is 57.8 Å². The number of nitrogens with zero attached hydrogens (tertiary/aromatic N) is 3. The number of aryl methyl sites for hydroxylation is 1. The minimum absolute atomic E-state index is 0.0305. The summed E-state index contributed by atoms with van der Waals surface area (Å²) >= 11 is 1.34. The second kappa shape index (κ2) is 7.05. The maximum atomic E-state index is 12.7. The highest BCUT2D eigenvalue weighted by atomic mass is 32.1. The number of carbonyl (C=O) groups is 1. The second-order valence-electron chi connectivity index (χ2n) is 6.71. The Hall–Kier alpha value is -2.68. The number of rotatable bonds is 3. The smallest absolute Gasteiger partial charge is 0.338 e. The Balaban J connectivity index is 1.48. The fraction of sp³-hybridized carbons (Fsp3) is 0.316. The molecule has 28 heavy (non-hydrogen) atoms. The van der Waals surface area contributed by atoms with E-state index in [1.807, 2.05) is 31.2 Å². The van der Waals surface area contributed by atoms with Gasteiger partial charge in [-0.05, 0) is 30.5 Å². The van der Waals surface area contributed by atoms with Crippen LogP contribution in [-0.4, -0.2) is 27.5 Å². The minimum atomic E-state index is -4.67. The summed E-state index contributed by atoms with van der Waals surface area (Å²) in [5.41, 5.74) is 2.99. The number of carbonyl (C=O) groups excluding carboxylic acids is 1. The Kier molecular flexibility index (Phi) is 4.70. The third-order valence-corrected chi connectivity index (χ3v) is 5.78. The molecule has 1 amide bonds. The Morgan fingerprint density at radius 2 is 2.14 bits per heavy atom. The predicted molar refractivity (Wildman–Crippen MR) is 96.6 cm³/mol. The largest absolute Gasteiger partial charge is 0.471 e. The van der Waals surface area contributed by atoms with E-state index in [4.69, 9.17) is 0 Å². The van der Waals surface area contributed by atoms with Crippen molar-refractivity contribution >= 4 is 17.2 Å². The van der Waals surface area contributed by atoms with Gasteiger partial charge < -0.3 is 9.42 Å². The lowest BCUT2D eigenvalue weighted by molar-refractivity contribution is -0.159. The molecule has 0 saturated heterocycles. The molecule has 0 fully saturated rings. The summed E-state index contributed by atoms with van der Waals surface area (Å²) in [5.74, 6) is -1.41. The number of fused-ring (bicyclic) bond motifs is 1. The van der Waals surface area contributed by atoms with E-state index in [1.165, 1.54) is 11.3 Å². The van der Waals surface area contributed by atoms with Crippen molar-refractivity contribution in [2.45, 2.75) is 32.5 Å². The van der Waals surface area contributed by atoms with Crippen LogP contribution in [0.1, 0.15) is 27.5 Å². The lowest BCUT2D eigenvalue weighted by atomic mass is 10.1. The topological polar surface area (TPSA) is 59.2 Å². The molecule has 0 atom stereocenters. The van der Waals surface area contributed by atoms with Gasteiger partial charge in [0.25, 0.3) is 0 Å². The molecule has 0 aliphatic carbocycles. The van der Waals surface area contributed by atoms with Crippen molar-refractivity contribution < 1.29 is 22.5 Å². The highest BCUT2D eigenvalue weighted by molar-refractivity contribution is 7.15. The third-order valence-electron chi connectivity index (χ3n) is 4.55. The van der Waals surface area contributed by atoms with E-state index in [-0.39, 0.29) is 11.7 Å². The van der Waals surface area contributed by atoms with Crippen LogP contribution in [-0.2, 0) is 30.4 Å². The molecule has 3 aromatic rings. The Morgan fingerprint density at radius 3 is 2.86 bits per heavy atom. The maximum absolute atomic E-state index is 12.7. The summed E-state index contributed by atoms with van der Waals surface area (Å²) in [6.07, 6.45) is -3.68. The van der Waals surface area contributed by atoms with Gasteiger partial charge in [-0.3, -0.25) is 4.79 Å². The highest BCUT2D eigenvalue weighted by Gasteiger charge is 2.38. The fourth-order valence-corrected chi connectivity index (χ4v) is 4.29. The number of thiophene rings is 1. The summed E-state index contributed by atoms with van der Waals surface area (Å²) < 4.78 is 42.3. The van der Waals surface area contributed by atoms with Gasteiger partial charge in [0.05, 0.1) is 11.3 Å². The number of amides is 1. The second-order valence-corrected chi connectivity index (χ2v) is 7.85. The first kappa shape index (κ1) is 18.7. The summed E-state index contributed by atoms with van der Waals surface area (Å²) in [6, 6.07) is 9.58. The van der Waals surface area contributed by atoms with E-state index in [0.717, 1.165) is 21.6 Å². The number of hydrogen-bond acceptors (Lipinski definition) is 5. The van der Waals surface area contributed by atoms with Crippen molar-refractivity contribution in [3.63, 3.8) is 0 Å². The molecular formula is C19H16F3N3O2S. The van der Waals surface area contributed by atoms with E-state index < -0.39 is 12.1 Å². The van der Waals surface area contributed by atoms with Crippen molar-refractivity contribution in [1.82, 2.24) is 15.0 Å². The molecule has 0 unspecified atom stereocenters. The summed E-state index contributed by atoms with van der Waals surface area (Å²) in [6.45, 7) is 2.99. The molecule has 3 heterocycles. The van der Waals surface area contributed by atoms with Gasteiger partial charge in [0.2, 0.25) is 11.7 Å². The lowest BCUT2D eigenvalue weighted by Crippen LogP contribution is -2.36. The average molecular weight is 407 g/mol. The van der Waals surface area contributed by atoms with Crippen LogP contribution < -0.4 is 0 Å². The number of alkyl halides is 3. The van der Waals surface area contributed by atoms with Gasteiger partial charge in [-0.15, -0.1) is 11.3 Å². The van der Waals surface area contributed by atoms with Gasteiger partial charge in [-0.1, -0.05) is 35.0 Å². The van der Waals surface area contributed by atoms with Crippen molar-refractivity contribution in [1.29, 1.82) is 0 Å². The first-order chi connectivity index (χ1) is 13.3. The molecule has 0 saturated carbocycles. The van der Waals surface area contributed by atoms with Gasteiger partial charge in [0, 0.05) is 18.0 Å². The van der Waals surface area contributed by atoms with Crippen LogP contribution in [0, 0.1) is 6.92 Å². The zero-order valence-electron chi connectivity index (χ0n) is 14.9. The van der Waals surface area contributed by atoms with Gasteiger partial charge in [0.15, 0.2) is 0 Å². The van der Waals surface area contributed by atoms with Crippen molar-refractivity contribution in [2.75, 3.05) is 6.54 Å². The van der Waals surface area contributed by atoms with Crippen molar-refractivity contribution in [2.24, 2.45) is 0 Å². The molecular weight excluding hydrogens is 391 g/mol. The van der Waals surface area contributed by atoms with E-state index in [0.29, 0.717) is 30.8 Å². The minimum Gasteiger partial charge on any atom is -0.338 e. The zero-order valence-corrected chi connectivity index (χ0v) is 15.7. The maximum Gasteiger partial charge on any atom is 0.471 e.